The quantitative estimate of drug-likeness (QED) is 0.194. The fraction of sp³-hybridized carbons (Fsp3) is 0.776. The lowest BCUT2D eigenvalue weighted by Crippen LogP contribution is -2.58. The molecule has 0 aromatic rings. The predicted octanol–water partition coefficient (Wildman–Crippen LogP) is 5.60. The maximum Gasteiger partial charge on any atom is 0.316 e. The SMILES string of the molecule is CCC(C)[C@H]1O[C@]2(C=C[C@@H]1C)C[C@@H]1C[C@@H](C/C=C(\C)[C@@H](OC3C[C@H](OC)[C@@H](O[C@H]4C[C@H](OC)[C@H](NC)[C@H](C)O4)[C@H](C)O3)[C@@H](C)/C=C/C=C3\CO[C@@H]4[C@H](O)C(C)=C[C@@H](C(=O)O1)[C@]34O)O2. The van der Waals surface area contributed by atoms with Crippen LogP contribution in [-0.2, 0) is 52.2 Å². The van der Waals surface area contributed by atoms with E-state index in [-0.39, 0.29) is 67.0 Å². The number of hydrogen-bond donors (Lipinski definition) is 3. The van der Waals surface area contributed by atoms with Crippen LogP contribution in [0.3, 0.4) is 0 Å². The molecule has 6 heterocycles. The van der Waals surface area contributed by atoms with E-state index in [0.29, 0.717) is 43.3 Å². The molecule has 1 spiro atoms. The average molecular weight is 886 g/mol. The molecule has 0 amide bonds. The molecule has 7 rings (SSSR count). The number of carbonyl (C=O) groups excluding carboxylic acids is 1. The number of aliphatic hydroxyl groups excluding tert-OH is 1. The number of likely N-dealkylation sites (N-methyl/N-ethyl adjacent to an activating group) is 1. The molecule has 14 nitrogen and oxygen atoms in total. The Morgan fingerprint density at radius 2 is 1.63 bits per heavy atom. The summed E-state index contributed by atoms with van der Waals surface area (Å²) in [7, 11) is 5.30. The summed E-state index contributed by atoms with van der Waals surface area (Å²) in [5.41, 5.74) is 0.180. The smallest absolute Gasteiger partial charge is 0.316 e. The number of aliphatic hydroxyl groups is 2. The van der Waals surface area contributed by atoms with Gasteiger partial charge < -0.3 is 62.9 Å². The van der Waals surface area contributed by atoms with Gasteiger partial charge in [-0.25, -0.2) is 0 Å². The van der Waals surface area contributed by atoms with Gasteiger partial charge in [0.15, 0.2) is 18.4 Å². The van der Waals surface area contributed by atoms with Crippen LogP contribution in [0.5, 0.6) is 0 Å². The van der Waals surface area contributed by atoms with Gasteiger partial charge in [0.05, 0.1) is 55.4 Å². The third-order valence-corrected chi connectivity index (χ3v) is 14.9. The van der Waals surface area contributed by atoms with Crippen LogP contribution in [0.1, 0.15) is 93.9 Å². The molecule has 14 heteroatoms. The van der Waals surface area contributed by atoms with Gasteiger partial charge in [0.25, 0.3) is 0 Å². The standard InChI is InChI=1S/C49H75NO13/c1-12-26(2)44-29(5)18-19-48(63-44)24-35-21-34(62-48)17-16-28(4)43(27(3)14-13-15-33-25-56-46-42(51)30(6)20-36(47(52)59-35)49(33,46)53)60-40-23-38(55-11)45(32(8)58-40)61-39-22-37(54-10)41(50-9)31(7)57-39/h13-16,18-20,26-27,29,31-32,34-46,50-51,53H,12,17,21-25H2,1-11H3/b14-13+,28-16+,33-15+/t26?,27-,29-,31-,32-,34+,35-,36-,37-,38-,39-,40?,41+,42+,43-,44+,45-,46+,48+,49+/m0/s1. The van der Waals surface area contributed by atoms with Gasteiger partial charge in [-0.15, -0.1) is 0 Å². The second-order valence-electron chi connectivity index (χ2n) is 19.3. The summed E-state index contributed by atoms with van der Waals surface area (Å²) in [4.78, 5) is 14.4. The van der Waals surface area contributed by atoms with Crippen LogP contribution in [0.25, 0.3) is 0 Å². The van der Waals surface area contributed by atoms with E-state index in [0.717, 1.165) is 12.0 Å². The molecule has 6 aliphatic heterocycles. The maximum absolute atomic E-state index is 14.4. The van der Waals surface area contributed by atoms with Crippen molar-refractivity contribution in [2.24, 2.45) is 23.7 Å². The summed E-state index contributed by atoms with van der Waals surface area (Å²) in [6, 6.07) is 0.0442. The Labute approximate surface area is 374 Å². The summed E-state index contributed by atoms with van der Waals surface area (Å²) in [6.45, 7) is 16.4. The highest BCUT2D eigenvalue weighted by molar-refractivity contribution is 5.78. The van der Waals surface area contributed by atoms with Crippen molar-refractivity contribution in [2.45, 2.75) is 191 Å². The largest absolute Gasteiger partial charge is 0.462 e. The Morgan fingerprint density at radius 3 is 2.35 bits per heavy atom. The van der Waals surface area contributed by atoms with Crippen molar-refractivity contribution in [1.29, 1.82) is 0 Å². The highest BCUT2D eigenvalue weighted by Crippen LogP contribution is 2.47. The van der Waals surface area contributed by atoms with Gasteiger partial charge in [0.1, 0.15) is 35.9 Å². The van der Waals surface area contributed by atoms with Crippen LogP contribution in [0.15, 0.2) is 59.3 Å². The number of esters is 1. The van der Waals surface area contributed by atoms with Crippen molar-refractivity contribution in [3.05, 3.63) is 59.3 Å². The second kappa shape index (κ2) is 20.3. The number of methoxy groups -OCH3 is 2. The van der Waals surface area contributed by atoms with E-state index >= 15 is 0 Å². The molecular formula is C49H75NO13. The fourth-order valence-electron chi connectivity index (χ4n) is 11.0. The van der Waals surface area contributed by atoms with Crippen LogP contribution < -0.4 is 5.32 Å². The summed E-state index contributed by atoms with van der Waals surface area (Å²) >= 11 is 0. The number of allylic oxidation sites excluding steroid dienone is 2. The third-order valence-electron chi connectivity index (χ3n) is 14.9. The number of fused-ring (bicyclic) bond motifs is 2. The lowest BCUT2D eigenvalue weighted by Gasteiger charge is -2.48. The summed E-state index contributed by atoms with van der Waals surface area (Å²) in [5, 5.41) is 27.1. The lowest BCUT2D eigenvalue weighted by molar-refractivity contribution is -0.312. The molecule has 2 bridgehead atoms. The van der Waals surface area contributed by atoms with E-state index in [1.165, 1.54) is 0 Å². The number of hydrogen-bond acceptors (Lipinski definition) is 14. The predicted molar refractivity (Wildman–Crippen MR) is 234 cm³/mol. The van der Waals surface area contributed by atoms with Crippen LogP contribution in [0.2, 0.25) is 0 Å². The van der Waals surface area contributed by atoms with Crippen molar-refractivity contribution in [3.8, 4) is 0 Å². The van der Waals surface area contributed by atoms with Gasteiger partial charge in [-0.05, 0) is 69.9 Å². The number of rotatable bonds is 9. The second-order valence-corrected chi connectivity index (χ2v) is 19.3. The Kier molecular flexibility index (Phi) is 15.7. The van der Waals surface area contributed by atoms with Gasteiger partial charge in [-0.3, -0.25) is 4.79 Å². The van der Waals surface area contributed by atoms with Crippen LogP contribution >= 0.6 is 0 Å². The average Bonchev–Trinajstić information content (AvgIpc) is 3.60. The number of nitrogens with one attached hydrogen (secondary N) is 1. The molecule has 0 aromatic carbocycles. The number of carbonyl (C=O) groups is 1. The highest BCUT2D eigenvalue weighted by atomic mass is 16.7. The molecule has 0 saturated carbocycles. The third kappa shape index (κ3) is 10.0. The first-order valence-corrected chi connectivity index (χ1v) is 23.4. The lowest BCUT2D eigenvalue weighted by atomic mass is 9.71. The zero-order chi connectivity index (χ0) is 45.4. The molecule has 63 heavy (non-hydrogen) atoms. The van der Waals surface area contributed by atoms with Crippen molar-refractivity contribution in [2.75, 3.05) is 27.9 Å². The minimum Gasteiger partial charge on any atom is -0.462 e. The molecule has 2 unspecified atom stereocenters. The van der Waals surface area contributed by atoms with E-state index in [2.05, 4.69) is 52.1 Å². The maximum atomic E-state index is 14.4. The molecule has 4 saturated heterocycles. The van der Waals surface area contributed by atoms with E-state index in [1.807, 2.05) is 39.1 Å². The van der Waals surface area contributed by atoms with Crippen LogP contribution in [0, 0.1) is 23.7 Å². The Morgan fingerprint density at radius 1 is 0.921 bits per heavy atom. The van der Waals surface area contributed by atoms with E-state index < -0.39 is 66.4 Å². The monoisotopic (exact) mass is 886 g/mol. The topological polar surface area (TPSA) is 162 Å². The molecule has 1 aliphatic carbocycles. The summed E-state index contributed by atoms with van der Waals surface area (Å²) < 4.78 is 64.6. The fourth-order valence-corrected chi connectivity index (χ4v) is 11.0. The van der Waals surface area contributed by atoms with Crippen LogP contribution in [-0.4, -0.2) is 141 Å². The zero-order valence-corrected chi connectivity index (χ0v) is 39.3. The first-order valence-electron chi connectivity index (χ1n) is 23.4. The first-order chi connectivity index (χ1) is 30.0. The Hall–Kier alpha value is -2.31. The van der Waals surface area contributed by atoms with E-state index in [4.69, 9.17) is 47.4 Å². The minimum absolute atomic E-state index is 0.0411. The van der Waals surface area contributed by atoms with Crippen molar-refractivity contribution in [3.63, 3.8) is 0 Å². The van der Waals surface area contributed by atoms with Crippen molar-refractivity contribution < 1.29 is 62.4 Å². The van der Waals surface area contributed by atoms with Crippen molar-refractivity contribution >= 4 is 5.97 Å². The summed E-state index contributed by atoms with van der Waals surface area (Å²) in [6.07, 6.45) is 10.7. The van der Waals surface area contributed by atoms with Gasteiger partial charge in [-0.2, -0.15) is 0 Å². The van der Waals surface area contributed by atoms with E-state index in [9.17, 15) is 15.0 Å². The minimum atomic E-state index is -1.83. The van der Waals surface area contributed by atoms with E-state index in [1.54, 1.807) is 33.3 Å². The van der Waals surface area contributed by atoms with Crippen molar-refractivity contribution in [1.82, 2.24) is 5.32 Å². The van der Waals surface area contributed by atoms with Gasteiger partial charge in [0, 0.05) is 51.7 Å². The molecule has 354 valence electrons. The molecule has 7 aliphatic rings. The van der Waals surface area contributed by atoms with Gasteiger partial charge in [0.2, 0.25) is 0 Å². The first kappa shape index (κ1) is 48.6. The van der Waals surface area contributed by atoms with Gasteiger partial charge in [-0.1, -0.05) is 70.6 Å². The summed E-state index contributed by atoms with van der Waals surface area (Å²) in [5.74, 6) is -2.51. The molecule has 0 radical (unpaired) electrons. The number of ether oxygens (including phenoxy) is 10. The molecule has 4 fully saturated rings. The molecular weight excluding hydrogens is 811 g/mol. The highest BCUT2D eigenvalue weighted by Gasteiger charge is 2.60. The Balaban J connectivity index is 1.18. The molecule has 20 atom stereocenters. The Bertz CT molecular complexity index is 1750. The zero-order valence-electron chi connectivity index (χ0n) is 39.3. The normalized spacial score (nSPS) is 48.6. The van der Waals surface area contributed by atoms with Gasteiger partial charge >= 0.3 is 5.97 Å². The molecule has 0 aromatic heterocycles. The van der Waals surface area contributed by atoms with Crippen LogP contribution in [0.4, 0.5) is 0 Å². The molecule has 3 N–H and O–H groups in total.